The topological polar surface area (TPSA) is 95.1 Å². The van der Waals surface area contributed by atoms with Crippen molar-refractivity contribution in [2.24, 2.45) is 5.92 Å². The van der Waals surface area contributed by atoms with Crippen molar-refractivity contribution in [1.29, 1.82) is 0 Å². The van der Waals surface area contributed by atoms with E-state index in [1.54, 1.807) is 0 Å². The molecule has 92 valence electrons. The zero-order chi connectivity index (χ0) is 12.3. The van der Waals surface area contributed by atoms with E-state index in [0.717, 1.165) is 12.8 Å². The summed E-state index contributed by atoms with van der Waals surface area (Å²) >= 11 is 0. The molecule has 0 saturated heterocycles. The molecule has 1 aliphatic rings. The lowest BCUT2D eigenvalue weighted by Crippen LogP contribution is -2.29. The number of imidazole rings is 1. The largest absolute Gasteiger partial charge is 0.477 e. The number of rotatable bonds is 4. The standard InChI is InChI=1S/C11H15N3O3/c15-10(12-5-7-3-1-2-4-7)8-9(11(16)17)14-6-13-8/h6-7H,1-5H2,(H,12,15)(H,13,14)(H,16,17). The summed E-state index contributed by atoms with van der Waals surface area (Å²) < 4.78 is 0. The molecule has 0 spiro atoms. The predicted molar refractivity (Wildman–Crippen MR) is 59.8 cm³/mol. The summed E-state index contributed by atoms with van der Waals surface area (Å²) in [6.45, 7) is 0.602. The van der Waals surface area contributed by atoms with Gasteiger partial charge in [0, 0.05) is 6.54 Å². The van der Waals surface area contributed by atoms with Crippen LogP contribution >= 0.6 is 0 Å². The smallest absolute Gasteiger partial charge is 0.354 e. The first-order valence-corrected chi connectivity index (χ1v) is 5.73. The van der Waals surface area contributed by atoms with E-state index < -0.39 is 11.9 Å². The summed E-state index contributed by atoms with van der Waals surface area (Å²) in [5.41, 5.74) is -0.204. The number of carbonyl (C=O) groups excluding carboxylic acids is 1. The van der Waals surface area contributed by atoms with Crippen LogP contribution in [0.25, 0.3) is 0 Å². The molecule has 0 radical (unpaired) electrons. The molecule has 1 amide bonds. The molecular formula is C11H15N3O3. The fraction of sp³-hybridized carbons (Fsp3) is 0.545. The Hall–Kier alpha value is -1.85. The lowest BCUT2D eigenvalue weighted by atomic mass is 10.1. The Bertz CT molecular complexity index is 421. The molecule has 0 unspecified atom stereocenters. The van der Waals surface area contributed by atoms with E-state index in [9.17, 15) is 9.59 Å². The summed E-state index contributed by atoms with van der Waals surface area (Å²) in [7, 11) is 0. The van der Waals surface area contributed by atoms with Gasteiger partial charge in [0.25, 0.3) is 5.91 Å². The van der Waals surface area contributed by atoms with E-state index in [-0.39, 0.29) is 11.4 Å². The van der Waals surface area contributed by atoms with E-state index in [4.69, 9.17) is 5.11 Å². The van der Waals surface area contributed by atoms with Crippen molar-refractivity contribution in [3.8, 4) is 0 Å². The molecule has 2 rings (SSSR count). The number of nitrogens with zero attached hydrogens (tertiary/aromatic N) is 1. The SMILES string of the molecule is O=C(NCC1CCCC1)c1nc[nH]c1C(=O)O. The highest BCUT2D eigenvalue weighted by Crippen LogP contribution is 2.23. The minimum atomic E-state index is -1.17. The highest BCUT2D eigenvalue weighted by molar-refractivity contribution is 6.02. The van der Waals surface area contributed by atoms with Crippen LogP contribution in [0.15, 0.2) is 6.33 Å². The quantitative estimate of drug-likeness (QED) is 0.728. The lowest BCUT2D eigenvalue weighted by Gasteiger charge is -2.09. The molecule has 0 aliphatic heterocycles. The zero-order valence-corrected chi connectivity index (χ0v) is 9.40. The number of carboxylic acid groups (broad SMARTS) is 1. The second kappa shape index (κ2) is 4.99. The molecule has 3 N–H and O–H groups in total. The van der Waals surface area contributed by atoms with Gasteiger partial charge in [0.05, 0.1) is 6.33 Å². The van der Waals surface area contributed by atoms with Gasteiger partial charge >= 0.3 is 5.97 Å². The molecule has 1 heterocycles. The minimum Gasteiger partial charge on any atom is -0.477 e. The molecule has 0 atom stereocenters. The van der Waals surface area contributed by atoms with Gasteiger partial charge in [0.2, 0.25) is 0 Å². The molecule has 1 aliphatic carbocycles. The van der Waals surface area contributed by atoms with Crippen molar-refractivity contribution in [3.63, 3.8) is 0 Å². The van der Waals surface area contributed by atoms with Crippen molar-refractivity contribution >= 4 is 11.9 Å². The number of carboxylic acids is 1. The summed E-state index contributed by atoms with van der Waals surface area (Å²) in [4.78, 5) is 28.7. The van der Waals surface area contributed by atoms with Gasteiger partial charge in [0.15, 0.2) is 11.4 Å². The highest BCUT2D eigenvalue weighted by atomic mass is 16.4. The van der Waals surface area contributed by atoms with Gasteiger partial charge in [-0.2, -0.15) is 0 Å². The maximum Gasteiger partial charge on any atom is 0.354 e. The summed E-state index contributed by atoms with van der Waals surface area (Å²) in [5, 5.41) is 11.6. The van der Waals surface area contributed by atoms with Crippen LogP contribution in [0.2, 0.25) is 0 Å². The zero-order valence-electron chi connectivity index (χ0n) is 9.40. The fourth-order valence-electron chi connectivity index (χ4n) is 2.16. The lowest BCUT2D eigenvalue weighted by molar-refractivity contribution is 0.0685. The first-order valence-electron chi connectivity index (χ1n) is 5.73. The molecule has 6 nitrogen and oxygen atoms in total. The highest BCUT2D eigenvalue weighted by Gasteiger charge is 2.21. The number of aromatic amines is 1. The van der Waals surface area contributed by atoms with E-state index >= 15 is 0 Å². The number of aromatic nitrogens is 2. The first kappa shape index (κ1) is 11.6. The third-order valence-corrected chi connectivity index (χ3v) is 3.09. The van der Waals surface area contributed by atoms with Crippen LogP contribution < -0.4 is 5.32 Å². The number of carbonyl (C=O) groups is 2. The van der Waals surface area contributed by atoms with Gasteiger partial charge in [-0.15, -0.1) is 0 Å². The van der Waals surface area contributed by atoms with E-state index in [0.29, 0.717) is 12.5 Å². The molecule has 6 heteroatoms. The van der Waals surface area contributed by atoms with Crippen LogP contribution in [-0.4, -0.2) is 33.5 Å². The van der Waals surface area contributed by atoms with E-state index in [2.05, 4.69) is 15.3 Å². The van der Waals surface area contributed by atoms with Crippen LogP contribution in [0.1, 0.15) is 46.7 Å². The summed E-state index contributed by atoms with van der Waals surface area (Å²) in [5.74, 6) is -1.07. The van der Waals surface area contributed by atoms with E-state index in [1.165, 1.54) is 19.2 Å². The summed E-state index contributed by atoms with van der Waals surface area (Å²) in [6, 6.07) is 0. The van der Waals surface area contributed by atoms with Crippen LogP contribution in [0, 0.1) is 5.92 Å². The maximum absolute atomic E-state index is 11.7. The number of amides is 1. The van der Waals surface area contributed by atoms with Crippen molar-refractivity contribution < 1.29 is 14.7 Å². The maximum atomic E-state index is 11.7. The molecule has 1 aromatic heterocycles. The molecule has 17 heavy (non-hydrogen) atoms. The Morgan fingerprint density at radius 2 is 2.18 bits per heavy atom. The third kappa shape index (κ3) is 2.64. The van der Waals surface area contributed by atoms with Crippen molar-refractivity contribution in [1.82, 2.24) is 15.3 Å². The second-order valence-electron chi connectivity index (χ2n) is 4.29. The summed E-state index contributed by atoms with van der Waals surface area (Å²) in [6.07, 6.45) is 5.90. The number of aromatic carboxylic acids is 1. The normalized spacial score (nSPS) is 16.0. The predicted octanol–water partition coefficient (Wildman–Crippen LogP) is 1.03. The van der Waals surface area contributed by atoms with Crippen LogP contribution in [0.5, 0.6) is 0 Å². The number of nitrogens with one attached hydrogen (secondary N) is 2. The van der Waals surface area contributed by atoms with Gasteiger partial charge < -0.3 is 15.4 Å². The Morgan fingerprint density at radius 3 is 2.82 bits per heavy atom. The van der Waals surface area contributed by atoms with Gasteiger partial charge in [-0.1, -0.05) is 12.8 Å². The number of hydrogen-bond acceptors (Lipinski definition) is 3. The van der Waals surface area contributed by atoms with Crippen molar-refractivity contribution in [2.45, 2.75) is 25.7 Å². The van der Waals surface area contributed by atoms with Gasteiger partial charge in [0.1, 0.15) is 0 Å². The molecule has 1 saturated carbocycles. The first-order chi connectivity index (χ1) is 8.18. The van der Waals surface area contributed by atoms with Crippen LogP contribution in [0.3, 0.4) is 0 Å². The Kier molecular flexibility index (Phi) is 3.41. The Labute approximate surface area is 98.4 Å². The monoisotopic (exact) mass is 237 g/mol. The second-order valence-corrected chi connectivity index (χ2v) is 4.29. The Balaban J connectivity index is 1.94. The van der Waals surface area contributed by atoms with Crippen molar-refractivity contribution in [3.05, 3.63) is 17.7 Å². The fourth-order valence-corrected chi connectivity index (χ4v) is 2.16. The molecule has 0 bridgehead atoms. The minimum absolute atomic E-state index is 0.0458. The molecule has 0 aromatic carbocycles. The average molecular weight is 237 g/mol. The molecule has 1 aromatic rings. The van der Waals surface area contributed by atoms with Gasteiger partial charge in [-0.05, 0) is 18.8 Å². The Morgan fingerprint density at radius 1 is 1.47 bits per heavy atom. The third-order valence-electron chi connectivity index (χ3n) is 3.09. The number of hydrogen-bond donors (Lipinski definition) is 3. The average Bonchev–Trinajstić information content (AvgIpc) is 2.96. The van der Waals surface area contributed by atoms with Gasteiger partial charge in [-0.25, -0.2) is 9.78 Å². The van der Waals surface area contributed by atoms with E-state index in [1.807, 2.05) is 0 Å². The molecular weight excluding hydrogens is 222 g/mol. The van der Waals surface area contributed by atoms with Crippen molar-refractivity contribution in [2.75, 3.05) is 6.54 Å². The van der Waals surface area contributed by atoms with Crippen LogP contribution in [0.4, 0.5) is 0 Å². The molecule has 1 fully saturated rings. The van der Waals surface area contributed by atoms with Gasteiger partial charge in [-0.3, -0.25) is 4.79 Å². The number of H-pyrrole nitrogens is 1. The van der Waals surface area contributed by atoms with Crippen LogP contribution in [-0.2, 0) is 0 Å².